The van der Waals surface area contributed by atoms with Crippen molar-refractivity contribution in [2.75, 3.05) is 38.2 Å². The molecule has 0 unspecified atom stereocenters. The van der Waals surface area contributed by atoms with Crippen LogP contribution < -0.4 is 9.64 Å². The molecule has 1 amide bonds. The highest BCUT2D eigenvalue weighted by Crippen LogP contribution is 2.24. The summed E-state index contributed by atoms with van der Waals surface area (Å²) in [5.41, 5.74) is 2.28. The van der Waals surface area contributed by atoms with E-state index in [9.17, 15) is 4.79 Å². The zero-order valence-corrected chi connectivity index (χ0v) is 15.9. The minimum atomic E-state index is -0.00170. The lowest BCUT2D eigenvalue weighted by Gasteiger charge is -2.34. The first kappa shape index (κ1) is 18.0. The molecule has 0 atom stereocenters. The van der Waals surface area contributed by atoms with Crippen molar-refractivity contribution in [1.29, 1.82) is 0 Å². The van der Waals surface area contributed by atoms with Gasteiger partial charge in [-0.2, -0.15) is 10.1 Å². The van der Waals surface area contributed by atoms with Crippen LogP contribution in [-0.2, 0) is 7.05 Å². The largest absolute Gasteiger partial charge is 0.481 e. The maximum atomic E-state index is 13.2. The van der Waals surface area contributed by atoms with Crippen LogP contribution in [0, 0.1) is 0 Å². The number of aromatic nitrogens is 4. The Morgan fingerprint density at radius 1 is 1.07 bits per heavy atom. The molecule has 1 saturated heterocycles. The lowest BCUT2D eigenvalue weighted by molar-refractivity contribution is 0.0747. The van der Waals surface area contributed by atoms with Gasteiger partial charge in [-0.3, -0.25) is 9.48 Å². The van der Waals surface area contributed by atoms with E-state index in [4.69, 9.17) is 4.74 Å². The SMILES string of the molecule is COc1ccnc(N2CCN(C(=O)c3cn(C)nc3-c3ccccc3)CC2)n1. The summed E-state index contributed by atoms with van der Waals surface area (Å²) >= 11 is 0. The van der Waals surface area contributed by atoms with Crippen molar-refractivity contribution < 1.29 is 9.53 Å². The Balaban J connectivity index is 1.49. The van der Waals surface area contributed by atoms with Crippen LogP contribution in [0.25, 0.3) is 11.3 Å². The molecule has 3 aromatic rings. The van der Waals surface area contributed by atoms with Gasteiger partial charge in [-0.1, -0.05) is 30.3 Å². The van der Waals surface area contributed by atoms with Gasteiger partial charge in [-0.05, 0) is 0 Å². The molecule has 144 valence electrons. The highest BCUT2D eigenvalue weighted by atomic mass is 16.5. The molecule has 1 aliphatic rings. The number of aryl methyl sites for hydroxylation is 1. The van der Waals surface area contributed by atoms with E-state index in [1.165, 1.54) is 0 Å². The number of carbonyl (C=O) groups excluding carboxylic acids is 1. The third-order valence-corrected chi connectivity index (χ3v) is 4.78. The number of nitrogens with zero attached hydrogens (tertiary/aromatic N) is 6. The number of anilines is 1. The highest BCUT2D eigenvalue weighted by molar-refractivity contribution is 5.99. The van der Waals surface area contributed by atoms with Gasteiger partial charge in [0.25, 0.3) is 5.91 Å². The molecule has 28 heavy (non-hydrogen) atoms. The van der Waals surface area contributed by atoms with Gasteiger partial charge in [0.2, 0.25) is 11.8 Å². The second kappa shape index (κ2) is 7.67. The summed E-state index contributed by atoms with van der Waals surface area (Å²) in [4.78, 5) is 25.8. The predicted octanol–water partition coefficient (Wildman–Crippen LogP) is 1.85. The quantitative estimate of drug-likeness (QED) is 0.690. The van der Waals surface area contributed by atoms with Crippen molar-refractivity contribution in [1.82, 2.24) is 24.6 Å². The Morgan fingerprint density at radius 2 is 1.82 bits per heavy atom. The van der Waals surface area contributed by atoms with Crippen LogP contribution in [0.4, 0.5) is 5.95 Å². The first-order valence-corrected chi connectivity index (χ1v) is 9.16. The Kier molecular flexibility index (Phi) is 4.92. The molecule has 0 bridgehead atoms. The van der Waals surface area contributed by atoms with Gasteiger partial charge in [-0.25, -0.2) is 4.98 Å². The van der Waals surface area contributed by atoms with Crippen LogP contribution in [0.5, 0.6) is 5.88 Å². The molecule has 8 heteroatoms. The number of rotatable bonds is 4. The fourth-order valence-electron chi connectivity index (χ4n) is 3.33. The Bertz CT molecular complexity index is 964. The summed E-state index contributed by atoms with van der Waals surface area (Å²) in [7, 11) is 3.42. The van der Waals surface area contributed by atoms with Gasteiger partial charge in [0, 0.05) is 57.3 Å². The maximum Gasteiger partial charge on any atom is 0.257 e. The van der Waals surface area contributed by atoms with Gasteiger partial charge in [0.1, 0.15) is 5.69 Å². The second-order valence-corrected chi connectivity index (χ2v) is 6.61. The Morgan fingerprint density at radius 3 is 2.54 bits per heavy atom. The van der Waals surface area contributed by atoms with E-state index in [1.54, 1.807) is 30.3 Å². The van der Waals surface area contributed by atoms with E-state index in [1.807, 2.05) is 42.3 Å². The molecule has 3 heterocycles. The van der Waals surface area contributed by atoms with Gasteiger partial charge in [-0.15, -0.1) is 0 Å². The molecule has 0 radical (unpaired) electrons. The number of hydrogen-bond acceptors (Lipinski definition) is 6. The normalized spacial score (nSPS) is 14.2. The van der Waals surface area contributed by atoms with E-state index >= 15 is 0 Å². The standard InChI is InChI=1S/C20H22N6O2/c1-24-14-16(18(23-24)15-6-4-3-5-7-15)19(27)25-10-12-26(13-11-25)20-21-9-8-17(22-20)28-2/h3-9,14H,10-13H2,1-2H3. The van der Waals surface area contributed by atoms with Gasteiger partial charge >= 0.3 is 0 Å². The third-order valence-electron chi connectivity index (χ3n) is 4.78. The number of hydrogen-bond donors (Lipinski definition) is 0. The van der Waals surface area contributed by atoms with Crippen molar-refractivity contribution in [3.63, 3.8) is 0 Å². The number of benzene rings is 1. The fraction of sp³-hybridized carbons (Fsp3) is 0.300. The molecule has 8 nitrogen and oxygen atoms in total. The molecule has 0 aliphatic carbocycles. The summed E-state index contributed by atoms with van der Waals surface area (Å²) in [6.45, 7) is 2.53. The number of methoxy groups -OCH3 is 1. The van der Waals surface area contributed by atoms with Crippen LogP contribution in [0.2, 0.25) is 0 Å². The molecule has 0 N–H and O–H groups in total. The lowest BCUT2D eigenvalue weighted by Crippen LogP contribution is -2.49. The van der Waals surface area contributed by atoms with Gasteiger partial charge < -0.3 is 14.5 Å². The zero-order valence-electron chi connectivity index (χ0n) is 15.9. The molecular weight excluding hydrogens is 356 g/mol. The fourth-order valence-corrected chi connectivity index (χ4v) is 3.33. The van der Waals surface area contributed by atoms with Crippen molar-refractivity contribution in [2.24, 2.45) is 7.05 Å². The molecule has 0 spiro atoms. The zero-order chi connectivity index (χ0) is 19.5. The van der Waals surface area contributed by atoms with E-state index < -0.39 is 0 Å². The number of piperazine rings is 1. The van der Waals surface area contributed by atoms with Crippen molar-refractivity contribution in [3.8, 4) is 17.1 Å². The van der Waals surface area contributed by atoms with E-state index in [2.05, 4.69) is 20.0 Å². The summed E-state index contributed by atoms with van der Waals surface area (Å²) in [5, 5.41) is 4.50. The summed E-state index contributed by atoms with van der Waals surface area (Å²) in [5.74, 6) is 1.15. The first-order chi connectivity index (χ1) is 13.7. The van der Waals surface area contributed by atoms with Crippen molar-refractivity contribution in [2.45, 2.75) is 0 Å². The lowest BCUT2D eigenvalue weighted by atomic mass is 10.1. The minimum Gasteiger partial charge on any atom is -0.481 e. The molecule has 1 aliphatic heterocycles. The number of ether oxygens (including phenoxy) is 1. The molecular formula is C20H22N6O2. The highest BCUT2D eigenvalue weighted by Gasteiger charge is 2.27. The van der Waals surface area contributed by atoms with Crippen LogP contribution in [-0.4, -0.2) is 63.8 Å². The topological polar surface area (TPSA) is 76.4 Å². The monoisotopic (exact) mass is 378 g/mol. The van der Waals surface area contributed by atoms with E-state index in [-0.39, 0.29) is 5.91 Å². The Labute approximate surface area is 163 Å². The molecule has 4 rings (SSSR count). The molecule has 1 fully saturated rings. The average Bonchev–Trinajstić information content (AvgIpc) is 3.15. The molecule has 1 aromatic carbocycles. The van der Waals surface area contributed by atoms with Crippen molar-refractivity contribution in [3.05, 3.63) is 54.4 Å². The van der Waals surface area contributed by atoms with Crippen LogP contribution in [0.1, 0.15) is 10.4 Å². The summed E-state index contributed by atoms with van der Waals surface area (Å²) in [6.07, 6.45) is 3.47. The van der Waals surface area contributed by atoms with Crippen LogP contribution in [0.15, 0.2) is 48.8 Å². The summed E-state index contributed by atoms with van der Waals surface area (Å²) < 4.78 is 6.86. The minimum absolute atomic E-state index is 0.00170. The molecule has 2 aromatic heterocycles. The third kappa shape index (κ3) is 3.53. The van der Waals surface area contributed by atoms with E-state index in [0.717, 1.165) is 5.56 Å². The second-order valence-electron chi connectivity index (χ2n) is 6.61. The van der Waals surface area contributed by atoms with Gasteiger partial charge in [0.15, 0.2) is 0 Å². The smallest absolute Gasteiger partial charge is 0.257 e. The number of amides is 1. The summed E-state index contributed by atoms with van der Waals surface area (Å²) in [6, 6.07) is 11.5. The molecule has 0 saturated carbocycles. The van der Waals surface area contributed by atoms with Gasteiger partial charge in [0.05, 0.1) is 12.7 Å². The van der Waals surface area contributed by atoms with Crippen molar-refractivity contribution >= 4 is 11.9 Å². The maximum absolute atomic E-state index is 13.2. The Hall–Kier alpha value is -3.42. The average molecular weight is 378 g/mol. The predicted molar refractivity (Wildman–Crippen MR) is 105 cm³/mol. The van der Waals surface area contributed by atoms with Crippen LogP contribution in [0.3, 0.4) is 0 Å². The first-order valence-electron chi connectivity index (χ1n) is 9.16. The van der Waals surface area contributed by atoms with E-state index in [0.29, 0.717) is 49.3 Å². The number of carbonyl (C=O) groups is 1. The van der Waals surface area contributed by atoms with Crippen LogP contribution >= 0.6 is 0 Å².